The zero-order chi connectivity index (χ0) is 17.9. The maximum atomic E-state index is 12.3. The number of nitrogens with one attached hydrogen (secondary N) is 2. The van der Waals surface area contributed by atoms with Gasteiger partial charge in [0, 0.05) is 31.3 Å². The van der Waals surface area contributed by atoms with Crippen molar-refractivity contribution in [1.82, 2.24) is 14.9 Å². The van der Waals surface area contributed by atoms with E-state index >= 15 is 0 Å². The van der Waals surface area contributed by atoms with Crippen LogP contribution in [-0.4, -0.2) is 27.8 Å². The van der Waals surface area contributed by atoms with Crippen LogP contribution >= 0.6 is 35.4 Å². The van der Waals surface area contributed by atoms with Crippen LogP contribution in [0.3, 0.4) is 0 Å². The molecule has 24 heavy (non-hydrogen) atoms. The third-order valence-electron chi connectivity index (χ3n) is 3.71. The van der Waals surface area contributed by atoms with Crippen molar-refractivity contribution < 1.29 is 4.79 Å². The fourth-order valence-electron chi connectivity index (χ4n) is 2.36. The monoisotopic (exact) mass is 385 g/mol. The van der Waals surface area contributed by atoms with E-state index < -0.39 is 0 Å². The highest BCUT2D eigenvalue weighted by Gasteiger charge is 2.14. The second-order valence-electron chi connectivity index (χ2n) is 5.47. The van der Waals surface area contributed by atoms with Gasteiger partial charge in [0.15, 0.2) is 4.77 Å². The summed E-state index contributed by atoms with van der Waals surface area (Å²) < 4.78 is 0.278. The van der Waals surface area contributed by atoms with E-state index in [1.807, 2.05) is 6.07 Å². The van der Waals surface area contributed by atoms with Crippen molar-refractivity contribution in [2.24, 2.45) is 0 Å². The van der Waals surface area contributed by atoms with E-state index in [1.54, 1.807) is 31.0 Å². The smallest absolute Gasteiger partial charge is 0.255 e. The number of H-pyrrole nitrogens is 2. The van der Waals surface area contributed by atoms with Crippen LogP contribution in [0.25, 0.3) is 0 Å². The summed E-state index contributed by atoms with van der Waals surface area (Å²) in [7, 11) is 1.69. The van der Waals surface area contributed by atoms with Gasteiger partial charge >= 0.3 is 0 Å². The summed E-state index contributed by atoms with van der Waals surface area (Å²) in [5.74, 6) is -0.0905. The number of hydrogen-bond acceptors (Lipinski definition) is 3. The van der Waals surface area contributed by atoms with Crippen molar-refractivity contribution in [1.29, 1.82) is 0 Å². The molecule has 1 aromatic heterocycles. The largest absolute Gasteiger partial charge is 0.341 e. The normalized spacial score (nSPS) is 10.7. The van der Waals surface area contributed by atoms with Gasteiger partial charge < -0.3 is 9.88 Å². The zero-order valence-electron chi connectivity index (χ0n) is 13.3. The molecule has 0 spiro atoms. The van der Waals surface area contributed by atoms with E-state index in [4.69, 9.17) is 35.4 Å². The van der Waals surface area contributed by atoms with Gasteiger partial charge in [0.25, 0.3) is 5.56 Å². The second-order valence-corrected chi connectivity index (χ2v) is 6.67. The first-order valence-electron chi connectivity index (χ1n) is 7.28. The Bertz CT molecular complexity index is 876. The first kappa shape index (κ1) is 18.7. The number of aromatic nitrogens is 2. The Kier molecular flexibility index (Phi) is 6.21. The van der Waals surface area contributed by atoms with Crippen LogP contribution in [0.15, 0.2) is 23.0 Å². The molecule has 1 amide bonds. The number of nitrogens with zero attached hydrogens (tertiary/aromatic N) is 1. The predicted octanol–water partition coefficient (Wildman–Crippen LogP) is 3.64. The van der Waals surface area contributed by atoms with Crippen LogP contribution in [0.5, 0.6) is 0 Å². The third kappa shape index (κ3) is 4.47. The van der Waals surface area contributed by atoms with Gasteiger partial charge in [-0.3, -0.25) is 14.6 Å². The zero-order valence-corrected chi connectivity index (χ0v) is 15.6. The van der Waals surface area contributed by atoms with Crippen LogP contribution in [0.4, 0.5) is 0 Å². The van der Waals surface area contributed by atoms with Crippen LogP contribution in [-0.2, 0) is 17.8 Å². The molecule has 2 aromatic rings. The Balaban J connectivity index is 2.04. The molecule has 2 N–H and O–H groups in total. The summed E-state index contributed by atoms with van der Waals surface area (Å²) in [5, 5.41) is 0.901. The Hall–Kier alpha value is -1.63. The second kappa shape index (κ2) is 7.96. The van der Waals surface area contributed by atoms with Crippen LogP contribution in [0.1, 0.15) is 23.2 Å². The van der Waals surface area contributed by atoms with Crippen molar-refractivity contribution in [3.8, 4) is 0 Å². The molecule has 0 saturated carbocycles. The number of rotatable bonds is 5. The summed E-state index contributed by atoms with van der Waals surface area (Å²) in [6.07, 6.45) is 0.545. The quantitative estimate of drug-likeness (QED) is 0.771. The van der Waals surface area contributed by atoms with Crippen LogP contribution in [0.2, 0.25) is 10.0 Å². The van der Waals surface area contributed by atoms with Crippen molar-refractivity contribution in [2.75, 3.05) is 7.05 Å². The Morgan fingerprint density at radius 2 is 2.00 bits per heavy atom. The predicted molar refractivity (Wildman–Crippen MR) is 98.2 cm³/mol. The van der Waals surface area contributed by atoms with Crippen molar-refractivity contribution >= 4 is 41.3 Å². The molecular weight excluding hydrogens is 369 g/mol. The minimum absolute atomic E-state index is 0.0905. The summed E-state index contributed by atoms with van der Waals surface area (Å²) in [4.78, 5) is 31.2. The summed E-state index contributed by atoms with van der Waals surface area (Å²) in [6.45, 7) is 2.12. The molecule has 0 unspecified atom stereocenters. The van der Waals surface area contributed by atoms with Crippen LogP contribution in [0, 0.1) is 11.7 Å². The van der Waals surface area contributed by atoms with E-state index in [0.29, 0.717) is 34.3 Å². The van der Waals surface area contributed by atoms with Gasteiger partial charge in [-0.15, -0.1) is 0 Å². The van der Waals surface area contributed by atoms with E-state index in [1.165, 1.54) is 0 Å². The van der Waals surface area contributed by atoms with Gasteiger partial charge in [-0.25, -0.2) is 0 Å². The molecule has 0 fully saturated rings. The van der Waals surface area contributed by atoms with E-state index in [-0.39, 0.29) is 22.7 Å². The molecule has 0 radical (unpaired) electrons. The van der Waals surface area contributed by atoms with Gasteiger partial charge in [-0.2, -0.15) is 0 Å². The first-order chi connectivity index (χ1) is 11.3. The molecule has 0 saturated heterocycles. The van der Waals surface area contributed by atoms with Crippen molar-refractivity contribution in [3.63, 3.8) is 0 Å². The van der Waals surface area contributed by atoms with Crippen molar-refractivity contribution in [2.45, 2.75) is 26.3 Å². The number of hydrogen-bond donors (Lipinski definition) is 2. The molecule has 0 aliphatic heterocycles. The topological polar surface area (TPSA) is 69.0 Å². The number of aromatic amines is 2. The molecule has 2 rings (SSSR count). The first-order valence-corrected chi connectivity index (χ1v) is 8.45. The Labute approximate surface area is 154 Å². The Morgan fingerprint density at radius 3 is 2.67 bits per heavy atom. The van der Waals surface area contributed by atoms with Gasteiger partial charge in [0.1, 0.15) is 0 Å². The maximum absolute atomic E-state index is 12.3. The molecule has 5 nitrogen and oxygen atoms in total. The van der Waals surface area contributed by atoms with E-state index in [0.717, 1.165) is 5.56 Å². The lowest BCUT2D eigenvalue weighted by Crippen LogP contribution is -2.27. The molecule has 1 aromatic carbocycles. The molecule has 0 bridgehead atoms. The molecule has 8 heteroatoms. The number of carbonyl (C=O) groups is 1. The Morgan fingerprint density at radius 1 is 1.29 bits per heavy atom. The minimum Gasteiger partial charge on any atom is -0.341 e. The van der Waals surface area contributed by atoms with Crippen LogP contribution < -0.4 is 5.56 Å². The SMILES string of the molecule is Cc1[nH]c(=S)[nH]c(=O)c1CCC(=O)N(C)Cc1cccc(Cl)c1Cl. The molecule has 0 aliphatic rings. The molecule has 0 aliphatic carbocycles. The number of amides is 1. The summed E-state index contributed by atoms with van der Waals surface area (Å²) in [6, 6.07) is 5.31. The standard InChI is InChI=1S/C16H17Cl2N3O2S/c1-9-11(15(23)20-16(24)19-9)6-7-13(22)21(2)8-10-4-3-5-12(17)14(10)18/h3-5H,6-8H2,1-2H3,(H2,19,20,23,24). The number of aryl methyl sites for hydroxylation is 1. The average Bonchev–Trinajstić information content (AvgIpc) is 2.50. The van der Waals surface area contributed by atoms with Gasteiger partial charge in [-0.05, 0) is 37.2 Å². The molecule has 0 atom stereocenters. The molecule has 128 valence electrons. The van der Waals surface area contributed by atoms with Gasteiger partial charge in [-0.1, -0.05) is 35.3 Å². The van der Waals surface area contributed by atoms with Gasteiger partial charge in [0.2, 0.25) is 5.91 Å². The maximum Gasteiger partial charge on any atom is 0.255 e. The lowest BCUT2D eigenvalue weighted by atomic mass is 10.1. The van der Waals surface area contributed by atoms with E-state index in [9.17, 15) is 9.59 Å². The summed E-state index contributed by atoms with van der Waals surface area (Å²) >= 11 is 17.0. The van der Waals surface area contributed by atoms with E-state index in [2.05, 4.69) is 9.97 Å². The van der Waals surface area contributed by atoms with Gasteiger partial charge in [0.05, 0.1) is 10.0 Å². The minimum atomic E-state index is -0.260. The lowest BCUT2D eigenvalue weighted by molar-refractivity contribution is -0.130. The van der Waals surface area contributed by atoms with Crippen molar-refractivity contribution in [3.05, 3.63) is 60.2 Å². The highest BCUT2D eigenvalue weighted by molar-refractivity contribution is 7.71. The highest BCUT2D eigenvalue weighted by Crippen LogP contribution is 2.26. The number of halogens is 2. The fraction of sp³-hybridized carbons (Fsp3) is 0.312. The average molecular weight is 386 g/mol. The number of carbonyl (C=O) groups excluding carboxylic acids is 1. The molecule has 1 heterocycles. The highest BCUT2D eigenvalue weighted by atomic mass is 35.5. The lowest BCUT2D eigenvalue weighted by Gasteiger charge is -2.18. The fourth-order valence-corrected chi connectivity index (χ4v) is 2.99. The number of benzene rings is 1. The molecular formula is C16H17Cl2N3O2S. The summed E-state index contributed by atoms with van der Waals surface area (Å²) in [5.41, 5.74) is 1.73. The third-order valence-corrected chi connectivity index (χ3v) is 4.77.